The molecule has 8 heteroatoms. The van der Waals surface area contributed by atoms with Crippen LogP contribution in [0.3, 0.4) is 0 Å². The van der Waals surface area contributed by atoms with Gasteiger partial charge in [-0.05, 0) is 15.9 Å². The first kappa shape index (κ1) is 14.8. The molecule has 1 aromatic rings. The molecule has 0 spiro atoms. The van der Waals surface area contributed by atoms with Crippen LogP contribution in [-0.4, -0.2) is 36.9 Å². The molecule has 1 aromatic heterocycles. The lowest BCUT2D eigenvalue weighted by molar-refractivity contribution is 0.0661. The summed E-state index contributed by atoms with van der Waals surface area (Å²) in [5.41, 5.74) is 0. The van der Waals surface area contributed by atoms with Gasteiger partial charge < -0.3 is 9.52 Å². The molecule has 18 heavy (non-hydrogen) atoms. The molecule has 0 aliphatic carbocycles. The molecule has 0 aromatic carbocycles. The Morgan fingerprint density at radius 2 is 2.28 bits per heavy atom. The average Bonchev–Trinajstić information content (AvgIpc) is 2.68. The fourth-order valence-electron chi connectivity index (χ4n) is 1.24. The SMILES string of the molecule is C#CCN(CC)S(=O)(=O)c1cc(C(=O)O)oc1Br. The van der Waals surface area contributed by atoms with E-state index < -0.39 is 21.8 Å². The highest BCUT2D eigenvalue weighted by atomic mass is 79.9. The van der Waals surface area contributed by atoms with E-state index in [9.17, 15) is 13.2 Å². The molecule has 0 atom stereocenters. The van der Waals surface area contributed by atoms with Gasteiger partial charge in [0.05, 0.1) is 6.54 Å². The Hall–Kier alpha value is -1.30. The smallest absolute Gasteiger partial charge is 0.371 e. The molecule has 0 unspecified atom stereocenters. The van der Waals surface area contributed by atoms with Gasteiger partial charge in [-0.3, -0.25) is 0 Å². The standard InChI is InChI=1S/C10H10BrNO5S/c1-3-5-12(4-2)18(15,16)8-6-7(10(13)14)17-9(8)11/h1,6H,4-5H2,2H3,(H,13,14). The van der Waals surface area contributed by atoms with Crippen molar-refractivity contribution in [2.75, 3.05) is 13.1 Å². The molecule has 1 heterocycles. The highest BCUT2D eigenvalue weighted by Crippen LogP contribution is 2.28. The van der Waals surface area contributed by atoms with Gasteiger partial charge >= 0.3 is 5.97 Å². The van der Waals surface area contributed by atoms with Gasteiger partial charge in [-0.25, -0.2) is 13.2 Å². The summed E-state index contributed by atoms with van der Waals surface area (Å²) in [6.45, 7) is 1.70. The normalized spacial score (nSPS) is 11.4. The molecular formula is C10H10BrNO5S. The summed E-state index contributed by atoms with van der Waals surface area (Å²) >= 11 is 2.88. The van der Waals surface area contributed by atoms with Gasteiger partial charge in [0, 0.05) is 12.6 Å². The molecule has 0 fully saturated rings. The number of nitrogens with zero attached hydrogens (tertiary/aromatic N) is 1. The van der Waals surface area contributed by atoms with Crippen molar-refractivity contribution < 1.29 is 22.7 Å². The van der Waals surface area contributed by atoms with Crippen LogP contribution in [0.15, 0.2) is 20.0 Å². The predicted molar refractivity (Wildman–Crippen MR) is 66.6 cm³/mol. The zero-order valence-electron chi connectivity index (χ0n) is 9.38. The Morgan fingerprint density at radius 3 is 2.67 bits per heavy atom. The van der Waals surface area contributed by atoms with Crippen LogP contribution in [0.1, 0.15) is 17.5 Å². The summed E-state index contributed by atoms with van der Waals surface area (Å²) in [6.07, 6.45) is 5.09. The predicted octanol–water partition coefficient (Wildman–Crippen LogP) is 1.38. The summed E-state index contributed by atoms with van der Waals surface area (Å²) in [4.78, 5) is 10.5. The van der Waals surface area contributed by atoms with Crippen molar-refractivity contribution in [3.05, 3.63) is 16.5 Å². The van der Waals surface area contributed by atoms with E-state index in [4.69, 9.17) is 15.9 Å². The fourth-order valence-corrected chi connectivity index (χ4v) is 3.51. The first-order valence-electron chi connectivity index (χ1n) is 4.80. The number of halogens is 1. The van der Waals surface area contributed by atoms with Crippen LogP contribution in [0, 0.1) is 12.3 Å². The number of carboxylic acids is 1. The van der Waals surface area contributed by atoms with E-state index in [1.165, 1.54) is 0 Å². The molecule has 0 aliphatic heterocycles. The number of terminal acetylenes is 1. The molecule has 0 bridgehead atoms. The highest BCUT2D eigenvalue weighted by Gasteiger charge is 2.29. The van der Waals surface area contributed by atoms with Crippen LogP contribution in [0.4, 0.5) is 0 Å². The number of hydrogen-bond donors (Lipinski definition) is 1. The van der Waals surface area contributed by atoms with E-state index >= 15 is 0 Å². The number of carbonyl (C=O) groups is 1. The highest BCUT2D eigenvalue weighted by molar-refractivity contribution is 9.10. The number of sulfonamides is 1. The molecule has 0 radical (unpaired) electrons. The van der Waals surface area contributed by atoms with Gasteiger partial charge in [-0.15, -0.1) is 6.42 Å². The van der Waals surface area contributed by atoms with Gasteiger partial charge in [-0.2, -0.15) is 4.31 Å². The third kappa shape index (κ3) is 2.75. The molecule has 6 nitrogen and oxygen atoms in total. The van der Waals surface area contributed by atoms with Gasteiger partial charge in [0.25, 0.3) is 0 Å². The zero-order chi connectivity index (χ0) is 13.9. The number of carboxylic acid groups (broad SMARTS) is 1. The van der Waals surface area contributed by atoms with Gasteiger partial charge in [0.15, 0.2) is 4.67 Å². The summed E-state index contributed by atoms with van der Waals surface area (Å²) < 4.78 is 30.0. The second-order valence-electron chi connectivity index (χ2n) is 3.19. The Balaban J connectivity index is 3.28. The summed E-state index contributed by atoms with van der Waals surface area (Å²) in [5, 5.41) is 8.73. The Kier molecular flexibility index (Phi) is 4.56. The second-order valence-corrected chi connectivity index (χ2v) is 5.82. The Morgan fingerprint density at radius 1 is 1.67 bits per heavy atom. The van der Waals surface area contributed by atoms with Crippen LogP contribution in [0.2, 0.25) is 0 Å². The minimum atomic E-state index is -3.87. The van der Waals surface area contributed by atoms with Crippen molar-refractivity contribution in [1.29, 1.82) is 0 Å². The second kappa shape index (κ2) is 5.56. The maximum Gasteiger partial charge on any atom is 0.371 e. The van der Waals surface area contributed by atoms with E-state index in [0.717, 1.165) is 10.4 Å². The maximum absolute atomic E-state index is 12.2. The maximum atomic E-state index is 12.2. The molecule has 0 amide bonds. The summed E-state index contributed by atoms with van der Waals surface area (Å²) in [6, 6.07) is 0.945. The minimum absolute atomic E-state index is 0.0984. The van der Waals surface area contributed by atoms with E-state index in [1.807, 2.05) is 0 Å². The average molecular weight is 336 g/mol. The lowest BCUT2D eigenvalue weighted by atomic mass is 10.5. The third-order valence-corrected chi connectivity index (χ3v) is 4.88. The monoisotopic (exact) mass is 335 g/mol. The topological polar surface area (TPSA) is 87.8 Å². The number of hydrogen-bond acceptors (Lipinski definition) is 4. The number of rotatable bonds is 5. The molecule has 1 N–H and O–H groups in total. The Bertz CT molecular complexity index is 598. The summed E-state index contributed by atoms with van der Waals surface area (Å²) in [7, 11) is -3.87. The molecular weight excluding hydrogens is 326 g/mol. The van der Waals surface area contributed by atoms with Crippen molar-refractivity contribution in [2.24, 2.45) is 0 Å². The van der Waals surface area contributed by atoms with E-state index in [-0.39, 0.29) is 22.7 Å². The zero-order valence-corrected chi connectivity index (χ0v) is 11.8. The van der Waals surface area contributed by atoms with Gasteiger partial charge in [0.2, 0.25) is 15.8 Å². The van der Waals surface area contributed by atoms with Crippen LogP contribution < -0.4 is 0 Å². The first-order chi connectivity index (χ1) is 8.34. The molecule has 98 valence electrons. The fraction of sp³-hybridized carbons (Fsp3) is 0.300. The van der Waals surface area contributed by atoms with Gasteiger partial charge in [0.1, 0.15) is 4.90 Å². The quantitative estimate of drug-likeness (QED) is 0.821. The first-order valence-corrected chi connectivity index (χ1v) is 7.04. The van der Waals surface area contributed by atoms with Crippen LogP contribution >= 0.6 is 15.9 Å². The molecule has 0 saturated heterocycles. The van der Waals surface area contributed by atoms with E-state index in [0.29, 0.717) is 0 Å². The van der Waals surface area contributed by atoms with Crippen molar-refractivity contribution in [2.45, 2.75) is 11.8 Å². The lowest BCUT2D eigenvalue weighted by Crippen LogP contribution is -2.31. The Labute approximate surface area is 113 Å². The van der Waals surface area contributed by atoms with E-state index in [2.05, 4.69) is 21.9 Å². The van der Waals surface area contributed by atoms with Crippen molar-refractivity contribution in [1.82, 2.24) is 4.31 Å². The summed E-state index contributed by atoms with van der Waals surface area (Å²) in [5.74, 6) is 0.417. The molecule has 0 aliphatic rings. The van der Waals surface area contributed by atoms with Gasteiger partial charge in [-0.1, -0.05) is 12.8 Å². The van der Waals surface area contributed by atoms with E-state index in [1.54, 1.807) is 6.92 Å². The third-order valence-electron chi connectivity index (χ3n) is 2.10. The minimum Gasteiger partial charge on any atom is -0.475 e. The van der Waals surface area contributed by atoms with Crippen molar-refractivity contribution >= 4 is 31.9 Å². The number of aromatic carboxylic acids is 1. The van der Waals surface area contributed by atoms with Crippen molar-refractivity contribution in [3.63, 3.8) is 0 Å². The largest absolute Gasteiger partial charge is 0.475 e. The van der Waals surface area contributed by atoms with Crippen LogP contribution in [0.25, 0.3) is 0 Å². The molecule has 1 rings (SSSR count). The lowest BCUT2D eigenvalue weighted by Gasteiger charge is -2.16. The number of furan rings is 1. The molecule has 0 saturated carbocycles. The van der Waals surface area contributed by atoms with Crippen LogP contribution in [0.5, 0.6) is 0 Å². The van der Waals surface area contributed by atoms with Crippen LogP contribution in [-0.2, 0) is 10.0 Å². The van der Waals surface area contributed by atoms with Crippen molar-refractivity contribution in [3.8, 4) is 12.3 Å².